The van der Waals surface area contributed by atoms with Crippen LogP contribution in [-0.2, 0) is 77.5 Å². The van der Waals surface area contributed by atoms with Crippen molar-refractivity contribution >= 4 is 46.3 Å². The molecule has 4 atom stereocenters. The molecule has 0 bridgehead atoms. The Morgan fingerprint density at radius 2 is 1.58 bits per heavy atom. The number of carbonyl (C=O) groups excluding carboxylic acids is 5. The molecule has 15 nitrogen and oxygen atoms in total. The maximum absolute atomic E-state index is 13.8. The van der Waals surface area contributed by atoms with Crippen molar-refractivity contribution in [3.63, 3.8) is 0 Å². The molecule has 330 valence electrons. The van der Waals surface area contributed by atoms with Gasteiger partial charge in [0.2, 0.25) is 29.5 Å². The molecule has 0 aliphatic carbocycles. The second kappa shape index (κ2) is 20.5. The van der Waals surface area contributed by atoms with Gasteiger partial charge in [-0.05, 0) is 92.2 Å². The van der Waals surface area contributed by atoms with E-state index >= 15 is 0 Å². The van der Waals surface area contributed by atoms with Gasteiger partial charge in [-0.25, -0.2) is 4.79 Å². The molecule has 3 aromatic carbocycles. The smallest absolute Gasteiger partial charge is 0.329 e. The summed E-state index contributed by atoms with van der Waals surface area (Å²) in [6, 6.07) is 18.1. The lowest BCUT2D eigenvalue weighted by atomic mass is 10.0. The van der Waals surface area contributed by atoms with Gasteiger partial charge in [-0.15, -0.1) is 0 Å². The summed E-state index contributed by atoms with van der Waals surface area (Å²) in [4.78, 5) is 77.8. The number of nitrogens with two attached hydrogens (primary N) is 1. The minimum Gasteiger partial charge on any atom is -0.379 e. The van der Waals surface area contributed by atoms with Crippen molar-refractivity contribution in [2.45, 2.75) is 115 Å². The highest BCUT2D eigenvalue weighted by atomic mass is 16.5. The number of aryl methyl sites for hydroxylation is 4. The molecule has 0 spiro atoms. The minimum atomic E-state index is -0.713. The molecule has 0 radical (unpaired) electrons. The molecule has 4 N–H and O–H groups in total. The van der Waals surface area contributed by atoms with E-state index in [1.807, 2.05) is 55.5 Å². The van der Waals surface area contributed by atoms with Crippen molar-refractivity contribution in [3.05, 3.63) is 99.0 Å². The molecule has 3 aliphatic rings. The van der Waals surface area contributed by atoms with E-state index in [1.165, 1.54) is 10.1 Å². The summed E-state index contributed by atoms with van der Waals surface area (Å²) >= 11 is 0. The summed E-state index contributed by atoms with van der Waals surface area (Å²) < 4.78 is 21.0. The molecule has 7 rings (SSSR count). The number of fused-ring (bicyclic) bond motifs is 1. The Morgan fingerprint density at radius 1 is 0.871 bits per heavy atom. The highest BCUT2D eigenvalue weighted by Crippen LogP contribution is 2.39. The third kappa shape index (κ3) is 10.3. The quantitative estimate of drug-likeness (QED) is 0.0825. The Balaban J connectivity index is 0.795. The molecule has 4 heterocycles. The predicted molar refractivity (Wildman–Crippen MR) is 232 cm³/mol. The highest BCUT2D eigenvalue weighted by molar-refractivity contribution is 6.05. The van der Waals surface area contributed by atoms with E-state index < -0.39 is 36.0 Å². The Hall–Kier alpha value is -5.64. The zero-order chi connectivity index (χ0) is 43.8. The number of hydrogen-bond donors (Lipinski definition) is 3. The number of hydrogen-bond acceptors (Lipinski definition) is 9. The van der Waals surface area contributed by atoms with E-state index in [1.54, 1.807) is 16.5 Å². The number of para-hydroxylation sites is 2. The number of imide groups is 1. The van der Waals surface area contributed by atoms with Gasteiger partial charge < -0.3 is 25.3 Å². The van der Waals surface area contributed by atoms with Crippen LogP contribution in [0.3, 0.4) is 0 Å². The molecule has 5 amide bonds. The predicted octanol–water partition coefficient (Wildman–Crippen LogP) is 3.87. The van der Waals surface area contributed by atoms with E-state index in [0.717, 1.165) is 65.6 Å². The fourth-order valence-corrected chi connectivity index (χ4v) is 9.00. The number of imidazole rings is 1. The Labute approximate surface area is 361 Å². The first-order valence-corrected chi connectivity index (χ1v) is 21.9. The summed E-state index contributed by atoms with van der Waals surface area (Å²) in [5.74, 6) is -1.51. The van der Waals surface area contributed by atoms with Crippen molar-refractivity contribution in [2.75, 3.05) is 31.3 Å². The van der Waals surface area contributed by atoms with Gasteiger partial charge >= 0.3 is 5.69 Å². The molecule has 1 saturated heterocycles. The first-order chi connectivity index (χ1) is 30.0. The fraction of sp³-hybridized carbons (Fsp3) is 0.489. The van der Waals surface area contributed by atoms with Gasteiger partial charge in [0.1, 0.15) is 12.1 Å². The van der Waals surface area contributed by atoms with Crippen LogP contribution in [-0.4, -0.2) is 83.3 Å². The van der Waals surface area contributed by atoms with Crippen molar-refractivity contribution in [2.24, 2.45) is 12.8 Å². The molecular weight excluding hydrogens is 793 g/mol. The topological polar surface area (TPSA) is 193 Å². The number of primary amides is 1. The molecule has 1 fully saturated rings. The molecule has 62 heavy (non-hydrogen) atoms. The largest absolute Gasteiger partial charge is 0.379 e. The van der Waals surface area contributed by atoms with Gasteiger partial charge in [-0.1, -0.05) is 54.6 Å². The van der Waals surface area contributed by atoms with Crippen molar-refractivity contribution in [1.82, 2.24) is 19.8 Å². The number of nitrogens with zero attached hydrogens (tertiary/aromatic N) is 3. The van der Waals surface area contributed by atoms with Crippen LogP contribution in [0.5, 0.6) is 0 Å². The third-order valence-electron chi connectivity index (χ3n) is 12.3. The number of carbonyl (C=O) groups is 5. The number of nitrogens with one attached hydrogen (secondary N) is 2. The van der Waals surface area contributed by atoms with Crippen LogP contribution in [0.1, 0.15) is 92.1 Å². The summed E-state index contributed by atoms with van der Waals surface area (Å²) in [5, 5.41) is 5.46. The average molecular weight is 851 g/mol. The number of rotatable bonds is 21. The van der Waals surface area contributed by atoms with Crippen LogP contribution < -0.4 is 27.0 Å². The second-order valence-corrected chi connectivity index (χ2v) is 16.6. The number of amides is 5. The fourth-order valence-electron chi connectivity index (χ4n) is 9.00. The van der Waals surface area contributed by atoms with E-state index in [0.29, 0.717) is 70.7 Å². The number of benzene rings is 3. The summed E-state index contributed by atoms with van der Waals surface area (Å²) in [6.07, 6.45) is 6.06. The van der Waals surface area contributed by atoms with Crippen molar-refractivity contribution in [3.8, 4) is 0 Å². The van der Waals surface area contributed by atoms with Crippen LogP contribution >= 0.6 is 0 Å². The lowest BCUT2D eigenvalue weighted by Crippen LogP contribution is -2.53. The lowest BCUT2D eigenvalue weighted by Gasteiger charge is -2.29. The molecule has 3 aliphatic heterocycles. The van der Waals surface area contributed by atoms with Crippen LogP contribution in [0, 0.1) is 0 Å². The van der Waals surface area contributed by atoms with Gasteiger partial charge in [0.15, 0.2) is 0 Å². The summed E-state index contributed by atoms with van der Waals surface area (Å²) in [7, 11) is 1.71. The van der Waals surface area contributed by atoms with Gasteiger partial charge in [0, 0.05) is 45.9 Å². The number of ether oxygens (including phenoxy) is 3. The van der Waals surface area contributed by atoms with E-state index in [2.05, 4.69) is 22.8 Å². The van der Waals surface area contributed by atoms with E-state index in [4.69, 9.17) is 19.9 Å². The van der Waals surface area contributed by atoms with Crippen molar-refractivity contribution < 1.29 is 38.2 Å². The summed E-state index contributed by atoms with van der Waals surface area (Å²) in [5.41, 5.74) is 12.8. The maximum Gasteiger partial charge on any atom is 0.329 e. The van der Waals surface area contributed by atoms with Crippen LogP contribution in [0.25, 0.3) is 11.0 Å². The first kappa shape index (κ1) is 44.4. The van der Waals surface area contributed by atoms with Gasteiger partial charge in [-0.2, -0.15) is 0 Å². The zero-order valence-electron chi connectivity index (χ0n) is 35.7. The Morgan fingerprint density at radius 3 is 2.32 bits per heavy atom. The number of aromatic nitrogens is 2. The van der Waals surface area contributed by atoms with Crippen LogP contribution in [0.15, 0.2) is 65.5 Å². The third-order valence-corrected chi connectivity index (χ3v) is 12.3. The molecular formula is C47H58N6O9. The molecule has 1 aromatic heterocycles. The van der Waals surface area contributed by atoms with Gasteiger partial charge in [-0.3, -0.25) is 43.3 Å². The molecule has 15 heteroatoms. The number of anilines is 1. The normalized spacial score (nSPS) is 18.4. The Bertz CT molecular complexity index is 2340. The van der Waals surface area contributed by atoms with Crippen LogP contribution in [0.2, 0.25) is 0 Å². The number of piperidine rings is 1. The standard InChI is InChI=1S/C47H58N6O9/c1-30(36(20-22-40(48)54)49-46(58)39-28-35-12-3-9-33-11-5-15-42(56)53(39)43(33)35)62-29-32-18-16-31(17-19-32)8-6-24-60-26-27-61-25-7-13-34-10-4-14-37-44(34)51(2)47(59)52(37)38-21-23-41(55)50-45(38)57/h3-4,9-10,12,14,16-19,30,36,38-39H,5-8,11,13,15,20-29H2,1-2H3,(H2,48,54)(H,49,58)(H,50,55,57)/t30-,36+,38?,39+/m1/s1. The molecule has 4 aromatic rings. The minimum absolute atomic E-state index is 0.0387. The first-order valence-electron chi connectivity index (χ1n) is 21.9. The second-order valence-electron chi connectivity index (χ2n) is 16.6. The van der Waals surface area contributed by atoms with Crippen molar-refractivity contribution in [1.29, 1.82) is 0 Å². The SMILES string of the molecule is C[C@@H](OCc1ccc(CCCOCCOCCCc2cccc3c2n(C)c(=O)n3C2CCC(=O)NC2=O)cc1)[C@H](CCC(N)=O)NC(=O)[C@@H]1Cc2cccc3c2N1C(=O)CCC3. The van der Waals surface area contributed by atoms with Crippen LogP contribution in [0.4, 0.5) is 5.69 Å². The van der Waals surface area contributed by atoms with E-state index in [-0.39, 0.29) is 36.3 Å². The molecule has 0 saturated carbocycles. The monoisotopic (exact) mass is 850 g/mol. The summed E-state index contributed by atoms with van der Waals surface area (Å²) in [6.45, 7) is 4.30. The Kier molecular flexibility index (Phi) is 14.7. The zero-order valence-corrected chi connectivity index (χ0v) is 35.7. The average Bonchev–Trinajstić information content (AvgIpc) is 3.71. The molecule has 1 unspecified atom stereocenters. The maximum atomic E-state index is 13.8. The van der Waals surface area contributed by atoms with E-state index in [9.17, 15) is 28.8 Å². The van der Waals surface area contributed by atoms with Gasteiger partial charge in [0.05, 0.1) is 48.7 Å². The lowest BCUT2D eigenvalue weighted by molar-refractivity contribution is -0.135. The van der Waals surface area contributed by atoms with Gasteiger partial charge in [0.25, 0.3) is 0 Å². The highest BCUT2D eigenvalue weighted by Gasteiger charge is 2.41.